The summed E-state index contributed by atoms with van der Waals surface area (Å²) in [5.41, 5.74) is 1.85. The number of nitrogens with zero attached hydrogens (tertiary/aromatic N) is 2. The van der Waals surface area contributed by atoms with Gasteiger partial charge in [0.1, 0.15) is 12.3 Å². The van der Waals surface area contributed by atoms with Crippen molar-refractivity contribution in [2.75, 3.05) is 36.5 Å². The Balaban J connectivity index is 1.59. The van der Waals surface area contributed by atoms with E-state index in [4.69, 9.17) is 4.74 Å². The highest BCUT2D eigenvalue weighted by atomic mass is 32.2. The van der Waals surface area contributed by atoms with Crippen LogP contribution in [0.15, 0.2) is 47.4 Å². The van der Waals surface area contributed by atoms with Crippen LogP contribution in [0.25, 0.3) is 0 Å². The number of rotatable bonds is 5. The molecule has 0 aliphatic carbocycles. The molecule has 1 fully saturated rings. The molecule has 0 bridgehead atoms. The van der Waals surface area contributed by atoms with Crippen molar-refractivity contribution in [3.8, 4) is 5.75 Å². The highest BCUT2D eigenvalue weighted by molar-refractivity contribution is 7.89. The maximum Gasteiger partial charge on any atom is 0.265 e. The van der Waals surface area contributed by atoms with Crippen molar-refractivity contribution in [3.05, 3.63) is 48.0 Å². The van der Waals surface area contributed by atoms with Crippen molar-refractivity contribution in [1.29, 1.82) is 0 Å². The van der Waals surface area contributed by atoms with Gasteiger partial charge in [0.05, 0.1) is 10.6 Å². The van der Waals surface area contributed by atoms with Crippen molar-refractivity contribution in [2.45, 2.75) is 37.5 Å². The van der Waals surface area contributed by atoms with Gasteiger partial charge in [0.25, 0.3) is 5.91 Å². The number of hydrogen-bond acceptors (Lipinski definition) is 5. The zero-order chi connectivity index (χ0) is 22.7. The van der Waals surface area contributed by atoms with E-state index in [9.17, 15) is 18.0 Å². The normalized spacial score (nSPS) is 17.3. The van der Waals surface area contributed by atoms with Gasteiger partial charge in [-0.15, -0.1) is 0 Å². The molecule has 9 heteroatoms. The molecule has 2 aromatic carbocycles. The summed E-state index contributed by atoms with van der Waals surface area (Å²) in [7, 11) is -3.70. The van der Waals surface area contributed by atoms with Crippen LogP contribution in [0.4, 0.5) is 11.4 Å². The van der Waals surface area contributed by atoms with E-state index in [-0.39, 0.29) is 29.6 Å². The molecule has 2 heterocycles. The van der Waals surface area contributed by atoms with Crippen LogP contribution in [0.3, 0.4) is 0 Å². The number of fused-ring (bicyclic) bond motifs is 1. The lowest BCUT2D eigenvalue weighted by molar-refractivity contribution is -0.123. The van der Waals surface area contributed by atoms with Gasteiger partial charge >= 0.3 is 0 Å². The summed E-state index contributed by atoms with van der Waals surface area (Å²) < 4.78 is 33.4. The maximum atomic E-state index is 13.2. The Morgan fingerprint density at radius 3 is 2.50 bits per heavy atom. The first kappa shape index (κ1) is 22.3. The van der Waals surface area contributed by atoms with Crippen LogP contribution in [0.5, 0.6) is 5.75 Å². The van der Waals surface area contributed by atoms with E-state index < -0.39 is 15.9 Å². The van der Waals surface area contributed by atoms with Gasteiger partial charge in [0.15, 0.2) is 6.61 Å². The van der Waals surface area contributed by atoms with Gasteiger partial charge in [-0.3, -0.25) is 14.5 Å². The molecule has 1 saturated heterocycles. The van der Waals surface area contributed by atoms with Crippen molar-refractivity contribution in [3.63, 3.8) is 0 Å². The minimum Gasteiger partial charge on any atom is -0.482 e. The highest BCUT2D eigenvalue weighted by Crippen LogP contribution is 2.35. The fraction of sp³-hybridized carbons (Fsp3) is 0.391. The minimum atomic E-state index is -3.70. The molecule has 2 aliphatic rings. The number of aryl methyl sites for hydroxylation is 1. The third-order valence-electron chi connectivity index (χ3n) is 5.80. The van der Waals surface area contributed by atoms with Gasteiger partial charge in [-0.1, -0.05) is 31.0 Å². The van der Waals surface area contributed by atoms with Crippen LogP contribution in [0.1, 0.15) is 31.2 Å². The average molecular weight is 458 g/mol. The number of sulfonamides is 1. The summed E-state index contributed by atoms with van der Waals surface area (Å²) in [6, 6.07) is 11.8. The standard InChI is InChI=1S/C23H27N3O5S/c1-17-8-4-5-9-19(17)24-22(27)15-26-20-14-18(10-11-21(20)31-16-23(26)28)32(29,30)25-12-6-2-3-7-13-25/h4-5,8-11,14H,2-3,6-7,12-13,15-16H2,1H3,(H,24,27). The van der Waals surface area contributed by atoms with Crippen molar-refractivity contribution >= 4 is 33.2 Å². The molecule has 0 unspecified atom stereocenters. The first-order valence-electron chi connectivity index (χ1n) is 10.8. The van der Waals surface area contributed by atoms with E-state index in [1.54, 1.807) is 12.1 Å². The Hall–Kier alpha value is -2.91. The second kappa shape index (κ2) is 9.30. The van der Waals surface area contributed by atoms with E-state index in [2.05, 4.69) is 5.32 Å². The number of anilines is 2. The Morgan fingerprint density at radius 1 is 1.06 bits per heavy atom. The monoisotopic (exact) mass is 457 g/mol. The summed E-state index contributed by atoms with van der Waals surface area (Å²) in [6.07, 6.45) is 3.69. The summed E-state index contributed by atoms with van der Waals surface area (Å²) in [5, 5.41) is 2.81. The Kier molecular flexibility index (Phi) is 6.48. The third-order valence-corrected chi connectivity index (χ3v) is 7.69. The highest BCUT2D eigenvalue weighted by Gasteiger charge is 2.31. The van der Waals surface area contributed by atoms with Crippen LogP contribution >= 0.6 is 0 Å². The quantitative estimate of drug-likeness (QED) is 0.745. The van der Waals surface area contributed by atoms with Crippen LogP contribution in [-0.2, 0) is 19.6 Å². The molecule has 1 N–H and O–H groups in total. The van der Waals surface area contributed by atoms with Crippen molar-refractivity contribution in [1.82, 2.24) is 4.31 Å². The lowest BCUT2D eigenvalue weighted by Crippen LogP contribution is -2.43. The van der Waals surface area contributed by atoms with Gasteiger partial charge in [0, 0.05) is 18.8 Å². The second-order valence-electron chi connectivity index (χ2n) is 8.08. The lowest BCUT2D eigenvalue weighted by Gasteiger charge is -2.30. The number of para-hydroxylation sites is 1. The summed E-state index contributed by atoms with van der Waals surface area (Å²) >= 11 is 0. The number of amides is 2. The predicted octanol–water partition coefficient (Wildman–Crippen LogP) is 2.92. The summed E-state index contributed by atoms with van der Waals surface area (Å²) in [5.74, 6) is -0.397. The number of hydrogen-bond donors (Lipinski definition) is 1. The van der Waals surface area contributed by atoms with Gasteiger partial charge in [-0.2, -0.15) is 4.31 Å². The zero-order valence-electron chi connectivity index (χ0n) is 18.0. The molecule has 0 aromatic heterocycles. The Morgan fingerprint density at radius 2 is 1.78 bits per heavy atom. The van der Waals surface area contributed by atoms with Crippen molar-refractivity contribution < 1.29 is 22.7 Å². The van der Waals surface area contributed by atoms with Gasteiger partial charge in [-0.05, 0) is 49.6 Å². The molecule has 2 aliphatic heterocycles. The number of ether oxygens (including phenoxy) is 1. The average Bonchev–Trinajstić information content (AvgIpc) is 3.07. The van der Waals surface area contributed by atoms with E-state index >= 15 is 0 Å². The topological polar surface area (TPSA) is 96.0 Å². The van der Waals surface area contributed by atoms with Gasteiger partial charge in [-0.25, -0.2) is 8.42 Å². The molecular weight excluding hydrogens is 430 g/mol. The maximum absolute atomic E-state index is 13.2. The zero-order valence-corrected chi connectivity index (χ0v) is 18.9. The molecule has 4 rings (SSSR count). The van der Waals surface area contributed by atoms with Crippen LogP contribution in [0, 0.1) is 6.92 Å². The van der Waals surface area contributed by atoms with Crippen molar-refractivity contribution in [2.24, 2.45) is 0 Å². The van der Waals surface area contributed by atoms with Gasteiger partial charge < -0.3 is 10.1 Å². The van der Waals surface area contributed by atoms with E-state index in [0.29, 0.717) is 24.5 Å². The molecule has 0 spiro atoms. The van der Waals surface area contributed by atoms with Crippen LogP contribution in [0.2, 0.25) is 0 Å². The Bertz CT molecular complexity index is 1120. The fourth-order valence-electron chi connectivity index (χ4n) is 3.99. The number of carbonyl (C=O) groups is 2. The molecule has 8 nitrogen and oxygen atoms in total. The first-order valence-corrected chi connectivity index (χ1v) is 12.2. The molecular formula is C23H27N3O5S. The van der Waals surface area contributed by atoms with E-state index in [1.165, 1.54) is 21.3 Å². The largest absolute Gasteiger partial charge is 0.482 e. The number of nitrogens with one attached hydrogen (secondary N) is 1. The molecule has 0 radical (unpaired) electrons. The summed E-state index contributed by atoms with van der Waals surface area (Å²) in [4.78, 5) is 26.6. The number of carbonyl (C=O) groups excluding carboxylic acids is 2. The SMILES string of the molecule is Cc1ccccc1NC(=O)CN1C(=O)COc2ccc(S(=O)(=O)N3CCCCCC3)cc21. The smallest absolute Gasteiger partial charge is 0.265 e. The lowest BCUT2D eigenvalue weighted by atomic mass is 10.2. The molecule has 0 saturated carbocycles. The molecule has 2 aromatic rings. The van der Waals surface area contributed by atoms with Crippen LogP contribution in [-0.4, -0.2) is 50.8 Å². The number of benzene rings is 2. The minimum absolute atomic E-state index is 0.0979. The van der Waals surface area contributed by atoms with Gasteiger partial charge in [0.2, 0.25) is 15.9 Å². The third kappa shape index (κ3) is 4.63. The fourth-order valence-corrected chi connectivity index (χ4v) is 5.53. The molecule has 32 heavy (non-hydrogen) atoms. The van der Waals surface area contributed by atoms with E-state index in [0.717, 1.165) is 31.2 Å². The van der Waals surface area contributed by atoms with Crippen LogP contribution < -0.4 is 15.0 Å². The first-order chi connectivity index (χ1) is 15.4. The molecule has 170 valence electrons. The van der Waals surface area contributed by atoms with E-state index in [1.807, 2.05) is 25.1 Å². The Labute approximate surface area is 188 Å². The summed E-state index contributed by atoms with van der Waals surface area (Å²) in [6.45, 7) is 2.40. The molecule has 0 atom stereocenters. The predicted molar refractivity (Wildman–Crippen MR) is 121 cm³/mol. The molecule has 2 amide bonds. The second-order valence-corrected chi connectivity index (χ2v) is 10.0.